The summed E-state index contributed by atoms with van der Waals surface area (Å²) in [5.41, 5.74) is 0. The lowest BCUT2D eigenvalue weighted by Gasteiger charge is -2.18. The summed E-state index contributed by atoms with van der Waals surface area (Å²) in [6.07, 6.45) is 4.22. The predicted molar refractivity (Wildman–Crippen MR) is 44.9 cm³/mol. The van der Waals surface area contributed by atoms with Crippen LogP contribution in [-0.2, 0) is 4.74 Å². The second kappa shape index (κ2) is 3.71. The summed E-state index contributed by atoms with van der Waals surface area (Å²) in [4.78, 5) is 0. The summed E-state index contributed by atoms with van der Waals surface area (Å²) in [5, 5.41) is 3.33. The Morgan fingerprint density at radius 2 is 1.92 bits per heavy atom. The second-order valence-electron chi connectivity index (χ2n) is 3.81. The molecule has 0 aromatic carbocycles. The van der Waals surface area contributed by atoms with E-state index < -0.39 is 6.17 Å². The fourth-order valence-electron chi connectivity index (χ4n) is 2.08. The molecule has 0 aromatic heterocycles. The average Bonchev–Trinajstić information content (AvgIpc) is 2.65. The van der Waals surface area contributed by atoms with E-state index in [4.69, 9.17) is 4.74 Å². The fraction of sp³-hybridized carbons (Fsp3) is 1.00. The van der Waals surface area contributed by atoms with Crippen LogP contribution in [0.3, 0.4) is 0 Å². The molecule has 0 amide bonds. The maximum atomic E-state index is 13.1. The van der Waals surface area contributed by atoms with Gasteiger partial charge < -0.3 is 10.1 Å². The number of halogens is 1. The molecule has 2 fully saturated rings. The van der Waals surface area contributed by atoms with Crippen LogP contribution in [0.4, 0.5) is 4.39 Å². The molecule has 2 atom stereocenters. The largest absolute Gasteiger partial charge is 0.377 e. The zero-order valence-corrected chi connectivity index (χ0v) is 7.26. The molecule has 0 radical (unpaired) electrons. The van der Waals surface area contributed by atoms with E-state index in [9.17, 15) is 4.39 Å². The van der Waals surface area contributed by atoms with Crippen LogP contribution in [0.1, 0.15) is 25.7 Å². The van der Waals surface area contributed by atoms with Crippen LogP contribution in [0.2, 0.25) is 0 Å². The first-order chi connectivity index (χ1) is 5.86. The lowest BCUT2D eigenvalue weighted by Crippen LogP contribution is -2.42. The smallest absolute Gasteiger partial charge is 0.141 e. The van der Waals surface area contributed by atoms with Crippen molar-refractivity contribution in [2.24, 2.45) is 0 Å². The first-order valence-electron chi connectivity index (χ1n) is 4.84. The molecule has 0 bridgehead atoms. The molecule has 0 spiro atoms. The Balaban J connectivity index is 1.77. The molecule has 2 nitrogen and oxygen atoms in total. The molecule has 1 heterocycles. The van der Waals surface area contributed by atoms with Crippen LogP contribution in [-0.4, -0.2) is 31.5 Å². The van der Waals surface area contributed by atoms with E-state index in [0.29, 0.717) is 12.6 Å². The number of rotatable bonds is 2. The highest BCUT2D eigenvalue weighted by atomic mass is 19.1. The number of ether oxygens (including phenoxy) is 1. The highest BCUT2D eigenvalue weighted by Crippen LogP contribution is 2.20. The minimum Gasteiger partial charge on any atom is -0.377 e. The molecule has 1 N–H and O–H groups in total. The summed E-state index contributed by atoms with van der Waals surface area (Å²) in [6.45, 7) is 0.835. The van der Waals surface area contributed by atoms with Gasteiger partial charge in [-0.05, 0) is 12.8 Å². The summed E-state index contributed by atoms with van der Waals surface area (Å²) >= 11 is 0. The van der Waals surface area contributed by atoms with Gasteiger partial charge in [-0.1, -0.05) is 12.8 Å². The van der Waals surface area contributed by atoms with Crippen LogP contribution in [0.25, 0.3) is 0 Å². The van der Waals surface area contributed by atoms with Gasteiger partial charge in [-0.3, -0.25) is 0 Å². The van der Waals surface area contributed by atoms with Crippen molar-refractivity contribution in [2.45, 2.75) is 43.9 Å². The van der Waals surface area contributed by atoms with Gasteiger partial charge in [-0.15, -0.1) is 0 Å². The number of hydrogen-bond donors (Lipinski definition) is 1. The van der Waals surface area contributed by atoms with Crippen molar-refractivity contribution in [3.05, 3.63) is 0 Å². The maximum Gasteiger partial charge on any atom is 0.141 e. The molecule has 0 unspecified atom stereocenters. The van der Waals surface area contributed by atoms with E-state index in [0.717, 1.165) is 0 Å². The van der Waals surface area contributed by atoms with Crippen LogP contribution >= 0.6 is 0 Å². The third-order valence-electron chi connectivity index (χ3n) is 2.82. The van der Waals surface area contributed by atoms with Crippen LogP contribution in [0.5, 0.6) is 0 Å². The van der Waals surface area contributed by atoms with Crippen molar-refractivity contribution in [3.63, 3.8) is 0 Å². The highest BCUT2D eigenvalue weighted by molar-refractivity contribution is 4.86. The third-order valence-corrected chi connectivity index (χ3v) is 2.82. The monoisotopic (exact) mass is 173 g/mol. The molecular formula is C9H16FNO. The molecule has 2 aliphatic rings. The SMILES string of the molecule is F[C@@H]1COC[C@H]1NC1CCCC1. The molecule has 1 aliphatic carbocycles. The zero-order chi connectivity index (χ0) is 8.39. The fourth-order valence-corrected chi connectivity index (χ4v) is 2.08. The van der Waals surface area contributed by atoms with Gasteiger partial charge in [0.15, 0.2) is 0 Å². The van der Waals surface area contributed by atoms with Crippen molar-refractivity contribution in [1.29, 1.82) is 0 Å². The second-order valence-corrected chi connectivity index (χ2v) is 3.81. The molecule has 12 heavy (non-hydrogen) atoms. The van der Waals surface area contributed by atoms with Crippen molar-refractivity contribution in [3.8, 4) is 0 Å². The van der Waals surface area contributed by atoms with Gasteiger partial charge in [-0.25, -0.2) is 4.39 Å². The first-order valence-corrected chi connectivity index (χ1v) is 4.84. The van der Waals surface area contributed by atoms with Crippen LogP contribution < -0.4 is 5.32 Å². The molecule has 70 valence electrons. The summed E-state index contributed by atoms with van der Waals surface area (Å²) < 4.78 is 18.1. The maximum absolute atomic E-state index is 13.1. The van der Waals surface area contributed by atoms with Gasteiger partial charge in [0.1, 0.15) is 6.17 Å². The van der Waals surface area contributed by atoms with Crippen LogP contribution in [0, 0.1) is 0 Å². The molecule has 1 saturated carbocycles. The third kappa shape index (κ3) is 1.77. The summed E-state index contributed by atoms with van der Waals surface area (Å²) in [5.74, 6) is 0. The Morgan fingerprint density at radius 3 is 2.50 bits per heavy atom. The quantitative estimate of drug-likeness (QED) is 0.678. The van der Waals surface area contributed by atoms with E-state index >= 15 is 0 Å². The van der Waals surface area contributed by atoms with E-state index in [1.807, 2.05) is 0 Å². The molecule has 2 rings (SSSR count). The van der Waals surface area contributed by atoms with E-state index in [1.54, 1.807) is 0 Å². The number of hydrogen-bond acceptors (Lipinski definition) is 2. The minimum absolute atomic E-state index is 0.0342. The number of alkyl halides is 1. The van der Waals surface area contributed by atoms with E-state index in [2.05, 4.69) is 5.32 Å². The Kier molecular flexibility index (Phi) is 2.61. The lowest BCUT2D eigenvalue weighted by molar-refractivity contribution is 0.172. The van der Waals surface area contributed by atoms with Gasteiger partial charge >= 0.3 is 0 Å². The molecule has 3 heteroatoms. The highest BCUT2D eigenvalue weighted by Gasteiger charge is 2.30. The summed E-state index contributed by atoms with van der Waals surface area (Å²) in [6, 6.07) is 0.517. The first kappa shape index (κ1) is 8.45. The predicted octanol–water partition coefficient (Wildman–Crippen LogP) is 1.26. The van der Waals surface area contributed by atoms with Crippen molar-refractivity contribution >= 4 is 0 Å². The van der Waals surface area contributed by atoms with Gasteiger partial charge in [0, 0.05) is 6.04 Å². The molecule has 1 saturated heterocycles. The Labute approximate surface area is 72.5 Å². The number of nitrogens with one attached hydrogen (secondary N) is 1. The van der Waals surface area contributed by atoms with Gasteiger partial charge in [0.2, 0.25) is 0 Å². The zero-order valence-electron chi connectivity index (χ0n) is 7.26. The van der Waals surface area contributed by atoms with Gasteiger partial charge in [-0.2, -0.15) is 0 Å². The lowest BCUT2D eigenvalue weighted by atomic mass is 10.1. The standard InChI is InChI=1S/C9H16FNO/c10-8-5-12-6-9(8)11-7-3-1-2-4-7/h7-9,11H,1-6H2/t8-,9-/m1/s1. The topological polar surface area (TPSA) is 21.3 Å². The molecule has 0 aromatic rings. The Morgan fingerprint density at radius 1 is 1.17 bits per heavy atom. The van der Waals surface area contributed by atoms with Gasteiger partial charge in [0.05, 0.1) is 19.3 Å². The van der Waals surface area contributed by atoms with E-state index in [-0.39, 0.29) is 12.6 Å². The van der Waals surface area contributed by atoms with E-state index in [1.165, 1.54) is 25.7 Å². The van der Waals surface area contributed by atoms with Crippen LogP contribution in [0.15, 0.2) is 0 Å². The average molecular weight is 173 g/mol. The Bertz CT molecular complexity index is 147. The summed E-state index contributed by atoms with van der Waals surface area (Å²) in [7, 11) is 0. The normalized spacial score (nSPS) is 37.8. The molecule has 1 aliphatic heterocycles. The van der Waals surface area contributed by atoms with Crippen molar-refractivity contribution in [2.75, 3.05) is 13.2 Å². The Hall–Kier alpha value is -0.150. The molecular weight excluding hydrogens is 157 g/mol. The minimum atomic E-state index is -0.786. The van der Waals surface area contributed by atoms with Gasteiger partial charge in [0.25, 0.3) is 0 Å². The van der Waals surface area contributed by atoms with Crippen molar-refractivity contribution in [1.82, 2.24) is 5.32 Å². The van der Waals surface area contributed by atoms with Crippen molar-refractivity contribution < 1.29 is 9.13 Å².